The van der Waals surface area contributed by atoms with Gasteiger partial charge in [0.05, 0.1) is 5.41 Å². The number of benzene rings is 1. The third-order valence-corrected chi connectivity index (χ3v) is 6.22. The zero-order valence-corrected chi connectivity index (χ0v) is 13.5. The van der Waals surface area contributed by atoms with Gasteiger partial charge in [0.15, 0.2) is 0 Å². The van der Waals surface area contributed by atoms with Crippen LogP contribution in [0.2, 0.25) is 0 Å². The minimum atomic E-state index is -0.202. The smallest absolute Gasteiger partial charge is 0.228 e. The molecule has 2 heterocycles. The number of carbonyl (C=O) groups is 1. The van der Waals surface area contributed by atoms with Crippen molar-refractivity contribution in [3.05, 3.63) is 35.4 Å². The topological polar surface area (TPSA) is 32.3 Å². The Kier molecular flexibility index (Phi) is 3.30. The first-order valence-corrected chi connectivity index (χ1v) is 8.67. The fourth-order valence-electron chi connectivity index (χ4n) is 4.71. The minimum Gasteiger partial charge on any atom is -0.342 e. The molecule has 2 fully saturated rings. The van der Waals surface area contributed by atoms with Crippen molar-refractivity contribution in [3.63, 3.8) is 0 Å². The molecular weight excluding hydrogens is 272 g/mol. The van der Waals surface area contributed by atoms with Gasteiger partial charge in [-0.3, -0.25) is 4.79 Å². The first kappa shape index (κ1) is 14.3. The van der Waals surface area contributed by atoms with Gasteiger partial charge in [-0.1, -0.05) is 31.2 Å². The highest BCUT2D eigenvalue weighted by atomic mass is 16.2. The van der Waals surface area contributed by atoms with E-state index in [2.05, 4.69) is 41.4 Å². The molecule has 0 saturated carbocycles. The molecule has 3 aliphatic rings. The molecule has 2 unspecified atom stereocenters. The minimum absolute atomic E-state index is 0.202. The summed E-state index contributed by atoms with van der Waals surface area (Å²) in [6, 6.07) is 8.63. The number of nitrogens with zero attached hydrogens (tertiary/aromatic N) is 1. The third kappa shape index (κ3) is 2.26. The number of hydrogen-bond acceptors (Lipinski definition) is 2. The van der Waals surface area contributed by atoms with Crippen molar-refractivity contribution in [3.8, 4) is 0 Å². The Morgan fingerprint density at radius 1 is 1.18 bits per heavy atom. The molecule has 2 saturated heterocycles. The van der Waals surface area contributed by atoms with Crippen molar-refractivity contribution in [2.75, 3.05) is 26.2 Å². The summed E-state index contributed by atoms with van der Waals surface area (Å²) in [5, 5.41) is 3.48. The van der Waals surface area contributed by atoms with Crippen LogP contribution in [-0.2, 0) is 17.6 Å². The van der Waals surface area contributed by atoms with E-state index >= 15 is 0 Å². The summed E-state index contributed by atoms with van der Waals surface area (Å²) in [6.45, 7) is 6.32. The van der Waals surface area contributed by atoms with Crippen LogP contribution in [0.5, 0.6) is 0 Å². The summed E-state index contributed by atoms with van der Waals surface area (Å²) in [5.41, 5.74) is 2.98. The second-order valence-electron chi connectivity index (χ2n) is 7.91. The first-order chi connectivity index (χ1) is 10.6. The van der Waals surface area contributed by atoms with Crippen molar-refractivity contribution in [2.24, 2.45) is 10.8 Å². The van der Waals surface area contributed by atoms with E-state index in [9.17, 15) is 4.79 Å². The molecule has 1 spiro atoms. The fraction of sp³-hybridized carbons (Fsp3) is 0.632. The maximum atomic E-state index is 13.2. The van der Waals surface area contributed by atoms with Crippen LogP contribution in [0.3, 0.4) is 0 Å². The molecule has 3 nitrogen and oxygen atoms in total. The molecule has 1 amide bonds. The first-order valence-electron chi connectivity index (χ1n) is 8.67. The van der Waals surface area contributed by atoms with Gasteiger partial charge in [0, 0.05) is 25.0 Å². The molecule has 22 heavy (non-hydrogen) atoms. The number of carbonyl (C=O) groups excluding carboxylic acids is 1. The molecule has 2 aliphatic heterocycles. The summed E-state index contributed by atoms with van der Waals surface area (Å²) in [4.78, 5) is 15.3. The van der Waals surface area contributed by atoms with Gasteiger partial charge < -0.3 is 10.2 Å². The number of nitrogens with one attached hydrogen (secondary N) is 1. The maximum Gasteiger partial charge on any atom is 0.228 e. The zero-order chi connectivity index (χ0) is 15.2. The highest BCUT2D eigenvalue weighted by Gasteiger charge is 2.46. The lowest BCUT2D eigenvalue weighted by molar-refractivity contribution is -0.141. The predicted molar refractivity (Wildman–Crippen MR) is 87.7 cm³/mol. The number of rotatable bonds is 1. The van der Waals surface area contributed by atoms with E-state index in [1.807, 2.05) is 0 Å². The monoisotopic (exact) mass is 298 g/mol. The standard InChI is InChI=1S/C19H26N2O/c1-18(7-6-15-4-2-3-5-16(15)12-18)17(22)21-11-9-19(14-21)8-10-20-13-19/h2-5,20H,6-14H2,1H3. The van der Waals surface area contributed by atoms with Crippen LogP contribution in [0.25, 0.3) is 0 Å². The lowest BCUT2D eigenvalue weighted by Crippen LogP contribution is -2.45. The molecule has 0 radical (unpaired) electrons. The van der Waals surface area contributed by atoms with E-state index in [-0.39, 0.29) is 5.41 Å². The van der Waals surface area contributed by atoms with E-state index in [4.69, 9.17) is 0 Å². The Hall–Kier alpha value is -1.35. The second kappa shape index (κ2) is 5.09. The summed E-state index contributed by atoms with van der Waals surface area (Å²) in [5.74, 6) is 0.394. The van der Waals surface area contributed by atoms with Crippen LogP contribution < -0.4 is 5.32 Å². The lowest BCUT2D eigenvalue weighted by Gasteiger charge is -2.37. The number of aryl methyl sites for hydroxylation is 1. The molecule has 1 aliphatic carbocycles. The molecule has 1 aromatic rings. The normalized spacial score (nSPS) is 34.1. The number of amides is 1. The van der Waals surface area contributed by atoms with Crippen molar-refractivity contribution in [2.45, 2.75) is 39.0 Å². The van der Waals surface area contributed by atoms with Gasteiger partial charge >= 0.3 is 0 Å². The molecule has 2 atom stereocenters. The van der Waals surface area contributed by atoms with Gasteiger partial charge in [0.2, 0.25) is 5.91 Å². The SMILES string of the molecule is CC1(C(=O)N2CCC3(CCNC3)C2)CCc2ccccc2C1. The Balaban J connectivity index is 1.51. The van der Waals surface area contributed by atoms with Gasteiger partial charge in [-0.2, -0.15) is 0 Å². The highest BCUT2D eigenvalue weighted by molar-refractivity contribution is 5.83. The molecule has 3 heteroatoms. The molecule has 4 rings (SSSR count). The zero-order valence-electron chi connectivity index (χ0n) is 13.5. The Bertz CT molecular complexity index is 591. The fourth-order valence-corrected chi connectivity index (χ4v) is 4.71. The third-order valence-electron chi connectivity index (χ3n) is 6.22. The Labute approximate surface area is 133 Å². The van der Waals surface area contributed by atoms with E-state index in [0.717, 1.165) is 45.4 Å². The average molecular weight is 298 g/mol. The van der Waals surface area contributed by atoms with Gasteiger partial charge in [-0.25, -0.2) is 0 Å². The van der Waals surface area contributed by atoms with Gasteiger partial charge in [0.25, 0.3) is 0 Å². The van der Waals surface area contributed by atoms with Crippen LogP contribution in [0, 0.1) is 10.8 Å². The predicted octanol–water partition coefficient (Wildman–Crippen LogP) is 2.39. The van der Waals surface area contributed by atoms with E-state index in [1.54, 1.807) is 0 Å². The van der Waals surface area contributed by atoms with Crippen LogP contribution in [0.15, 0.2) is 24.3 Å². The van der Waals surface area contributed by atoms with Crippen molar-refractivity contribution in [1.82, 2.24) is 10.2 Å². The van der Waals surface area contributed by atoms with Crippen LogP contribution in [0.1, 0.15) is 37.3 Å². The van der Waals surface area contributed by atoms with E-state index in [0.29, 0.717) is 11.3 Å². The van der Waals surface area contributed by atoms with E-state index < -0.39 is 0 Å². The number of hydrogen-bond donors (Lipinski definition) is 1. The molecule has 118 valence electrons. The summed E-state index contributed by atoms with van der Waals surface area (Å²) < 4.78 is 0. The number of likely N-dealkylation sites (tertiary alicyclic amines) is 1. The average Bonchev–Trinajstić information content (AvgIpc) is 3.17. The molecule has 1 aromatic carbocycles. The van der Waals surface area contributed by atoms with Crippen LogP contribution in [-0.4, -0.2) is 37.0 Å². The highest BCUT2D eigenvalue weighted by Crippen LogP contribution is 2.41. The second-order valence-corrected chi connectivity index (χ2v) is 7.91. The number of fused-ring (bicyclic) bond motifs is 1. The van der Waals surface area contributed by atoms with Gasteiger partial charge in [-0.05, 0) is 49.8 Å². The Morgan fingerprint density at radius 2 is 2.00 bits per heavy atom. The van der Waals surface area contributed by atoms with Crippen molar-refractivity contribution < 1.29 is 4.79 Å². The molecular formula is C19H26N2O. The lowest BCUT2D eigenvalue weighted by atomic mass is 9.72. The van der Waals surface area contributed by atoms with E-state index in [1.165, 1.54) is 24.0 Å². The summed E-state index contributed by atoms with van der Waals surface area (Å²) >= 11 is 0. The van der Waals surface area contributed by atoms with Crippen LogP contribution >= 0.6 is 0 Å². The van der Waals surface area contributed by atoms with Gasteiger partial charge in [-0.15, -0.1) is 0 Å². The maximum absolute atomic E-state index is 13.2. The summed E-state index contributed by atoms with van der Waals surface area (Å²) in [7, 11) is 0. The van der Waals surface area contributed by atoms with Crippen LogP contribution in [0.4, 0.5) is 0 Å². The molecule has 0 bridgehead atoms. The Morgan fingerprint density at radius 3 is 2.77 bits per heavy atom. The summed E-state index contributed by atoms with van der Waals surface area (Å²) in [6.07, 6.45) is 5.35. The van der Waals surface area contributed by atoms with Gasteiger partial charge in [0.1, 0.15) is 0 Å². The van der Waals surface area contributed by atoms with Crippen molar-refractivity contribution in [1.29, 1.82) is 0 Å². The molecule has 1 N–H and O–H groups in total. The quantitative estimate of drug-likeness (QED) is 0.863. The largest absolute Gasteiger partial charge is 0.342 e. The van der Waals surface area contributed by atoms with Crippen molar-refractivity contribution >= 4 is 5.91 Å². The molecule has 0 aromatic heterocycles.